The third-order valence-electron chi connectivity index (χ3n) is 9.21. The summed E-state index contributed by atoms with van der Waals surface area (Å²) < 4.78 is 11.6. The molecule has 0 bridgehead atoms. The van der Waals surface area contributed by atoms with Crippen LogP contribution in [-0.2, 0) is 0 Å². The first-order valence-corrected chi connectivity index (χ1v) is 16.1. The smallest absolute Gasteiger partial charge is 0.159 e. The van der Waals surface area contributed by atoms with Crippen LogP contribution in [0.3, 0.4) is 0 Å². The zero-order valence-electron chi connectivity index (χ0n) is 24.2. The Bertz CT molecular complexity index is 2760. The second kappa shape index (κ2) is 9.43. The van der Waals surface area contributed by atoms with Gasteiger partial charge < -0.3 is 8.98 Å². The minimum atomic E-state index is 0.913. The molecule has 0 aliphatic rings. The summed E-state index contributed by atoms with van der Waals surface area (Å²) in [6, 6.07) is 54.5. The Kier molecular flexibility index (Phi) is 5.19. The summed E-state index contributed by atoms with van der Waals surface area (Å²) in [5.74, 6) is 0. The summed E-state index contributed by atoms with van der Waals surface area (Å²) in [6.07, 6.45) is 0. The van der Waals surface area contributed by atoms with Crippen molar-refractivity contribution in [1.29, 1.82) is 0 Å². The van der Waals surface area contributed by atoms with Crippen molar-refractivity contribution < 1.29 is 4.42 Å². The average molecular weight is 592 g/mol. The highest BCUT2D eigenvalue weighted by atomic mass is 32.1. The first-order valence-electron chi connectivity index (χ1n) is 15.3. The van der Waals surface area contributed by atoms with Gasteiger partial charge in [0.15, 0.2) is 5.58 Å². The fourth-order valence-corrected chi connectivity index (χ4v) is 8.59. The molecule has 0 aliphatic carbocycles. The van der Waals surface area contributed by atoms with Crippen LogP contribution < -0.4 is 0 Å². The average Bonchev–Trinajstić information content (AvgIpc) is 3.78. The number of furan rings is 1. The minimum absolute atomic E-state index is 0.913. The van der Waals surface area contributed by atoms with E-state index in [4.69, 9.17) is 4.42 Å². The molecule has 0 saturated carbocycles. The van der Waals surface area contributed by atoms with E-state index in [0.717, 1.165) is 27.6 Å². The number of fused-ring (bicyclic) bond motifs is 10. The van der Waals surface area contributed by atoms with Gasteiger partial charge in [-0.05, 0) is 52.6 Å². The van der Waals surface area contributed by atoms with Crippen molar-refractivity contribution in [2.45, 2.75) is 0 Å². The van der Waals surface area contributed by atoms with Crippen LogP contribution in [0, 0.1) is 0 Å². The topological polar surface area (TPSA) is 18.1 Å². The van der Waals surface area contributed by atoms with Crippen molar-refractivity contribution in [3.63, 3.8) is 0 Å². The van der Waals surface area contributed by atoms with Crippen molar-refractivity contribution >= 4 is 75.3 Å². The first-order chi connectivity index (χ1) is 22.3. The Balaban J connectivity index is 1.26. The maximum Gasteiger partial charge on any atom is 0.159 e. The second-order valence-corrected chi connectivity index (χ2v) is 12.7. The minimum Gasteiger partial charge on any atom is -0.454 e. The van der Waals surface area contributed by atoms with Crippen LogP contribution in [0.4, 0.5) is 0 Å². The lowest BCUT2D eigenvalue weighted by atomic mass is 9.98. The van der Waals surface area contributed by atoms with Crippen molar-refractivity contribution in [3.05, 3.63) is 152 Å². The van der Waals surface area contributed by atoms with Crippen LogP contribution in [0.2, 0.25) is 0 Å². The third-order valence-corrected chi connectivity index (χ3v) is 10.5. The van der Waals surface area contributed by atoms with Crippen molar-refractivity contribution in [2.75, 3.05) is 0 Å². The van der Waals surface area contributed by atoms with Gasteiger partial charge in [-0.3, -0.25) is 0 Å². The molecule has 0 radical (unpaired) electrons. The Morgan fingerprint density at radius 2 is 1.13 bits per heavy atom. The maximum atomic E-state index is 6.53. The Morgan fingerprint density at radius 3 is 2.07 bits per heavy atom. The fraction of sp³-hybridized carbons (Fsp3) is 0. The number of rotatable bonds is 3. The molecular weight excluding hydrogens is 567 g/mol. The molecule has 0 saturated heterocycles. The van der Waals surface area contributed by atoms with Gasteiger partial charge in [-0.1, -0.05) is 121 Å². The van der Waals surface area contributed by atoms with E-state index in [9.17, 15) is 0 Å². The molecule has 3 heterocycles. The van der Waals surface area contributed by atoms with Crippen LogP contribution in [0.5, 0.6) is 0 Å². The van der Waals surface area contributed by atoms with Crippen molar-refractivity contribution in [2.24, 2.45) is 0 Å². The van der Waals surface area contributed by atoms with Gasteiger partial charge in [0.25, 0.3) is 0 Å². The molecule has 3 aromatic heterocycles. The van der Waals surface area contributed by atoms with E-state index in [1.807, 2.05) is 17.4 Å². The molecule has 45 heavy (non-hydrogen) atoms. The number of para-hydroxylation sites is 3. The largest absolute Gasteiger partial charge is 0.454 e. The van der Waals surface area contributed by atoms with E-state index in [1.54, 1.807) is 0 Å². The quantitative estimate of drug-likeness (QED) is 0.200. The van der Waals surface area contributed by atoms with E-state index in [-0.39, 0.29) is 0 Å². The lowest BCUT2D eigenvalue weighted by Crippen LogP contribution is -1.94. The number of hydrogen-bond donors (Lipinski definition) is 0. The van der Waals surface area contributed by atoms with E-state index < -0.39 is 0 Å². The van der Waals surface area contributed by atoms with Gasteiger partial charge in [0.1, 0.15) is 5.58 Å². The van der Waals surface area contributed by atoms with E-state index in [0.29, 0.717) is 0 Å². The number of aromatic nitrogens is 1. The molecule has 0 amide bonds. The third kappa shape index (κ3) is 3.56. The number of thiophene rings is 1. The van der Waals surface area contributed by atoms with Crippen molar-refractivity contribution in [1.82, 2.24) is 4.57 Å². The monoisotopic (exact) mass is 591 g/mol. The molecule has 210 valence electrons. The van der Waals surface area contributed by atoms with Crippen LogP contribution in [0.25, 0.3) is 91.9 Å². The Labute approximate surface area is 263 Å². The van der Waals surface area contributed by atoms with Gasteiger partial charge in [0, 0.05) is 41.7 Å². The molecule has 10 aromatic rings. The molecule has 3 heteroatoms. The number of benzene rings is 7. The standard InChI is InChI=1S/C42H25NOS/c1-2-11-26(12-3-1)27-13-8-14-28(25-27)29-17-9-19-32-33-23-24-36-39(42(33)45-41(29)32)34-16-4-6-20-35(34)43(36)37-21-10-18-31-30-15-5-7-22-38(30)44-40(31)37/h1-25H. The summed E-state index contributed by atoms with van der Waals surface area (Å²) in [5.41, 5.74) is 10.2. The Hall–Kier alpha value is -5.64. The summed E-state index contributed by atoms with van der Waals surface area (Å²) in [5, 5.41) is 7.43. The highest BCUT2D eigenvalue weighted by Gasteiger charge is 2.21. The maximum absolute atomic E-state index is 6.53. The lowest BCUT2D eigenvalue weighted by molar-refractivity contribution is 0.666. The fourth-order valence-electron chi connectivity index (χ4n) is 7.20. The molecule has 0 aliphatic heterocycles. The van der Waals surface area contributed by atoms with Gasteiger partial charge in [-0.2, -0.15) is 0 Å². The van der Waals surface area contributed by atoms with Gasteiger partial charge in [-0.15, -0.1) is 11.3 Å². The van der Waals surface area contributed by atoms with E-state index >= 15 is 0 Å². The predicted molar refractivity (Wildman–Crippen MR) is 192 cm³/mol. The SMILES string of the molecule is c1ccc(-c2cccc(-c3cccc4c3sc3c4ccc4c3c3ccccc3n4-c3cccc4c3oc3ccccc34)c2)cc1. The van der Waals surface area contributed by atoms with Gasteiger partial charge in [-0.25, -0.2) is 0 Å². The van der Waals surface area contributed by atoms with E-state index in [2.05, 4.69) is 150 Å². The van der Waals surface area contributed by atoms with Gasteiger partial charge in [0.2, 0.25) is 0 Å². The van der Waals surface area contributed by atoms with Crippen LogP contribution in [0.1, 0.15) is 0 Å². The molecule has 0 atom stereocenters. The summed E-state index contributed by atoms with van der Waals surface area (Å²) in [7, 11) is 0. The summed E-state index contributed by atoms with van der Waals surface area (Å²) >= 11 is 1.91. The van der Waals surface area contributed by atoms with Crippen LogP contribution in [-0.4, -0.2) is 4.57 Å². The zero-order valence-corrected chi connectivity index (χ0v) is 25.0. The highest BCUT2D eigenvalue weighted by Crippen LogP contribution is 2.47. The molecule has 0 N–H and O–H groups in total. The molecule has 0 unspecified atom stereocenters. The first kappa shape index (κ1) is 24.8. The predicted octanol–water partition coefficient (Wildman–Crippen LogP) is 12.4. The lowest BCUT2D eigenvalue weighted by Gasteiger charge is -2.08. The van der Waals surface area contributed by atoms with E-state index in [1.165, 1.54) is 64.2 Å². The summed E-state index contributed by atoms with van der Waals surface area (Å²) in [6.45, 7) is 0. The van der Waals surface area contributed by atoms with Gasteiger partial charge in [0.05, 0.1) is 16.7 Å². The zero-order chi connectivity index (χ0) is 29.5. The summed E-state index contributed by atoms with van der Waals surface area (Å²) in [4.78, 5) is 0. The highest BCUT2D eigenvalue weighted by molar-refractivity contribution is 7.27. The number of hydrogen-bond acceptors (Lipinski definition) is 2. The normalized spacial score (nSPS) is 12.0. The molecule has 0 spiro atoms. The molecule has 10 rings (SSSR count). The van der Waals surface area contributed by atoms with Crippen molar-refractivity contribution in [3.8, 4) is 27.9 Å². The van der Waals surface area contributed by atoms with Gasteiger partial charge >= 0.3 is 0 Å². The molecule has 2 nitrogen and oxygen atoms in total. The molecular formula is C42H25NOS. The molecule has 0 fully saturated rings. The second-order valence-electron chi connectivity index (χ2n) is 11.7. The van der Waals surface area contributed by atoms with Crippen LogP contribution in [0.15, 0.2) is 156 Å². The molecule has 7 aromatic carbocycles. The number of nitrogens with zero attached hydrogens (tertiary/aromatic N) is 1. The Morgan fingerprint density at radius 1 is 0.444 bits per heavy atom. The van der Waals surface area contributed by atoms with Crippen LogP contribution >= 0.6 is 11.3 Å².